The van der Waals surface area contributed by atoms with Gasteiger partial charge in [-0.2, -0.15) is 19.6 Å². The first kappa shape index (κ1) is 18.2. The molecule has 0 aliphatic carbocycles. The van der Waals surface area contributed by atoms with Crippen LogP contribution in [0.2, 0.25) is 5.15 Å². The summed E-state index contributed by atoms with van der Waals surface area (Å²) < 4.78 is 43.6. The predicted octanol–water partition coefficient (Wildman–Crippen LogP) is 4.26. The van der Waals surface area contributed by atoms with Gasteiger partial charge < -0.3 is 4.90 Å². The molecular weight excluding hydrogens is 367 g/mol. The van der Waals surface area contributed by atoms with Crippen LogP contribution < -0.4 is 4.90 Å². The largest absolute Gasteiger partial charge is 0.352 e. The van der Waals surface area contributed by atoms with E-state index >= 15 is 0 Å². The molecule has 2 aromatic heterocycles. The van der Waals surface area contributed by atoms with E-state index in [1.54, 1.807) is 4.90 Å². The number of hydrogen-bond donors (Lipinski definition) is 0. The first-order valence-electron chi connectivity index (χ1n) is 7.77. The van der Waals surface area contributed by atoms with Gasteiger partial charge in [0.2, 0.25) is 0 Å². The number of aromatic nitrogens is 4. The fourth-order valence-corrected chi connectivity index (χ4v) is 3.01. The maximum atomic E-state index is 14.5. The van der Waals surface area contributed by atoms with Gasteiger partial charge in [-0.05, 0) is 13.8 Å². The van der Waals surface area contributed by atoms with E-state index < -0.39 is 23.0 Å². The lowest BCUT2D eigenvalue weighted by molar-refractivity contribution is 0.547. The molecule has 26 heavy (non-hydrogen) atoms. The highest BCUT2D eigenvalue weighted by Crippen LogP contribution is 2.39. The topological polar surface area (TPSA) is 46.3 Å². The summed E-state index contributed by atoms with van der Waals surface area (Å²) in [7, 11) is 0. The van der Waals surface area contributed by atoms with Gasteiger partial charge in [0.15, 0.2) is 0 Å². The standard InChI is InChI=1S/C17H15ClF3N5/c1-4-25(7-9(2)3)16-14(13-11(20)5-10(19)6-12(13)21)15(18)24-17-22-8-23-26(16)17/h5-6,8H,2,4,7H2,1,3H3. The van der Waals surface area contributed by atoms with E-state index in [0.29, 0.717) is 31.0 Å². The van der Waals surface area contributed by atoms with Crippen LogP contribution >= 0.6 is 11.6 Å². The highest BCUT2D eigenvalue weighted by molar-refractivity contribution is 6.33. The lowest BCUT2D eigenvalue weighted by atomic mass is 10.1. The van der Waals surface area contributed by atoms with Gasteiger partial charge in [-0.15, -0.1) is 0 Å². The van der Waals surface area contributed by atoms with Gasteiger partial charge in [0.1, 0.15) is 34.7 Å². The molecule has 9 heteroatoms. The molecule has 0 saturated carbocycles. The van der Waals surface area contributed by atoms with Crippen molar-refractivity contribution >= 4 is 23.2 Å². The summed E-state index contributed by atoms with van der Waals surface area (Å²) in [5.74, 6) is -2.72. The third-order valence-electron chi connectivity index (χ3n) is 3.76. The molecule has 2 heterocycles. The first-order valence-corrected chi connectivity index (χ1v) is 8.14. The molecule has 136 valence electrons. The zero-order valence-corrected chi connectivity index (χ0v) is 14.9. The van der Waals surface area contributed by atoms with Crippen LogP contribution in [0.5, 0.6) is 0 Å². The Bertz CT molecular complexity index is 978. The van der Waals surface area contributed by atoms with Gasteiger partial charge in [0.25, 0.3) is 5.78 Å². The van der Waals surface area contributed by atoms with E-state index in [1.165, 1.54) is 10.8 Å². The quantitative estimate of drug-likeness (QED) is 0.489. The van der Waals surface area contributed by atoms with Crippen molar-refractivity contribution in [2.24, 2.45) is 0 Å². The van der Waals surface area contributed by atoms with Crippen LogP contribution in [0.1, 0.15) is 13.8 Å². The number of hydrogen-bond acceptors (Lipinski definition) is 4. The van der Waals surface area contributed by atoms with E-state index in [1.807, 2.05) is 13.8 Å². The average molecular weight is 382 g/mol. The summed E-state index contributed by atoms with van der Waals surface area (Å²) in [5.41, 5.74) is 0.318. The Balaban J connectivity index is 2.40. The van der Waals surface area contributed by atoms with Crippen LogP contribution in [0.3, 0.4) is 0 Å². The van der Waals surface area contributed by atoms with Crippen LogP contribution in [0.25, 0.3) is 16.9 Å². The molecule has 5 nitrogen and oxygen atoms in total. The molecule has 0 amide bonds. The summed E-state index contributed by atoms with van der Waals surface area (Å²) >= 11 is 6.25. The first-order chi connectivity index (χ1) is 12.3. The summed E-state index contributed by atoms with van der Waals surface area (Å²) in [6, 6.07) is 1.19. The monoisotopic (exact) mass is 381 g/mol. The molecule has 0 N–H and O–H groups in total. The van der Waals surface area contributed by atoms with Crippen LogP contribution in [-0.2, 0) is 0 Å². The molecule has 1 aromatic carbocycles. The van der Waals surface area contributed by atoms with Crippen LogP contribution in [0.4, 0.5) is 19.0 Å². The lowest BCUT2D eigenvalue weighted by Crippen LogP contribution is -2.28. The third-order valence-corrected chi connectivity index (χ3v) is 4.03. The van der Waals surface area contributed by atoms with E-state index in [4.69, 9.17) is 11.6 Å². The van der Waals surface area contributed by atoms with Crippen molar-refractivity contribution in [3.05, 3.63) is 53.2 Å². The molecule has 0 aliphatic heterocycles. The van der Waals surface area contributed by atoms with E-state index in [-0.39, 0.29) is 16.5 Å². The number of likely N-dealkylation sites (N-methyl/N-ethyl adjacent to an activating group) is 1. The Labute approximate surface area is 152 Å². The summed E-state index contributed by atoms with van der Waals surface area (Å²) in [6.07, 6.45) is 1.26. The zero-order valence-electron chi connectivity index (χ0n) is 14.1. The number of nitrogens with zero attached hydrogens (tertiary/aromatic N) is 5. The Morgan fingerprint density at radius 1 is 1.23 bits per heavy atom. The Hall–Kier alpha value is -2.61. The zero-order chi connectivity index (χ0) is 19.0. The minimum absolute atomic E-state index is 0.0252. The Morgan fingerprint density at radius 3 is 2.46 bits per heavy atom. The van der Waals surface area contributed by atoms with Gasteiger partial charge in [0.05, 0.1) is 11.1 Å². The highest BCUT2D eigenvalue weighted by Gasteiger charge is 2.26. The van der Waals surface area contributed by atoms with E-state index in [0.717, 1.165) is 5.57 Å². The fourth-order valence-electron chi connectivity index (χ4n) is 2.75. The van der Waals surface area contributed by atoms with Gasteiger partial charge in [-0.1, -0.05) is 23.8 Å². The average Bonchev–Trinajstić information content (AvgIpc) is 2.99. The molecule has 3 rings (SSSR count). The number of anilines is 1. The lowest BCUT2D eigenvalue weighted by Gasteiger charge is -2.26. The van der Waals surface area contributed by atoms with Gasteiger partial charge in [-0.25, -0.2) is 13.2 Å². The van der Waals surface area contributed by atoms with Gasteiger partial charge >= 0.3 is 0 Å². The van der Waals surface area contributed by atoms with E-state index in [2.05, 4.69) is 21.6 Å². The molecule has 0 spiro atoms. The van der Waals surface area contributed by atoms with E-state index in [9.17, 15) is 13.2 Å². The molecule has 0 aliphatic rings. The second kappa shape index (κ2) is 6.95. The predicted molar refractivity (Wildman–Crippen MR) is 93.8 cm³/mol. The molecule has 3 aromatic rings. The van der Waals surface area contributed by atoms with Crippen molar-refractivity contribution in [2.45, 2.75) is 13.8 Å². The Kier molecular flexibility index (Phi) is 4.86. The SMILES string of the molecule is C=C(C)CN(CC)c1c(-c2c(F)cc(F)cc2F)c(Cl)nc2ncnn12. The number of benzene rings is 1. The van der Waals surface area contributed by atoms with Crippen molar-refractivity contribution in [3.63, 3.8) is 0 Å². The second-order valence-electron chi connectivity index (χ2n) is 5.79. The summed E-state index contributed by atoms with van der Waals surface area (Å²) in [4.78, 5) is 9.83. The van der Waals surface area contributed by atoms with Crippen molar-refractivity contribution in [2.75, 3.05) is 18.0 Å². The fraction of sp³-hybridized carbons (Fsp3) is 0.235. The van der Waals surface area contributed by atoms with Gasteiger partial charge in [-0.3, -0.25) is 0 Å². The van der Waals surface area contributed by atoms with Crippen molar-refractivity contribution in [1.29, 1.82) is 0 Å². The Morgan fingerprint density at radius 2 is 1.88 bits per heavy atom. The molecule has 0 unspecified atom stereocenters. The molecular formula is C17H15ClF3N5. The molecule has 0 radical (unpaired) electrons. The number of halogens is 4. The second-order valence-corrected chi connectivity index (χ2v) is 6.15. The number of fused-ring (bicyclic) bond motifs is 1. The maximum Gasteiger partial charge on any atom is 0.255 e. The smallest absolute Gasteiger partial charge is 0.255 e. The summed E-state index contributed by atoms with van der Waals surface area (Å²) in [5, 5.41) is 3.93. The van der Waals surface area contributed by atoms with Crippen molar-refractivity contribution < 1.29 is 13.2 Å². The van der Waals surface area contributed by atoms with Crippen LogP contribution in [0.15, 0.2) is 30.6 Å². The third kappa shape index (κ3) is 3.12. The molecule has 0 bridgehead atoms. The van der Waals surface area contributed by atoms with Crippen molar-refractivity contribution in [1.82, 2.24) is 19.6 Å². The summed E-state index contributed by atoms with van der Waals surface area (Å²) in [6.45, 7) is 8.42. The molecule has 0 atom stereocenters. The molecule has 0 saturated heterocycles. The van der Waals surface area contributed by atoms with Crippen LogP contribution in [-0.4, -0.2) is 32.7 Å². The highest BCUT2D eigenvalue weighted by atomic mass is 35.5. The van der Waals surface area contributed by atoms with Crippen LogP contribution in [0, 0.1) is 17.5 Å². The van der Waals surface area contributed by atoms with Crippen molar-refractivity contribution in [3.8, 4) is 11.1 Å². The molecule has 0 fully saturated rings. The minimum atomic E-state index is -1.08. The normalized spacial score (nSPS) is 11.2. The van der Waals surface area contributed by atoms with Gasteiger partial charge in [0, 0.05) is 25.2 Å². The maximum absolute atomic E-state index is 14.5. The minimum Gasteiger partial charge on any atom is -0.352 e. The number of rotatable bonds is 5.